The van der Waals surface area contributed by atoms with Crippen LogP contribution in [-0.2, 0) is 0 Å². The van der Waals surface area contributed by atoms with E-state index in [2.05, 4.69) is 15.5 Å². The molecule has 2 heterocycles. The lowest BCUT2D eigenvalue weighted by atomic mass is 10.2. The molecule has 0 saturated carbocycles. The van der Waals surface area contributed by atoms with E-state index >= 15 is 0 Å². The average Bonchev–Trinajstić information content (AvgIpc) is 3.35. The summed E-state index contributed by atoms with van der Waals surface area (Å²) < 4.78 is 10.4. The molecule has 0 aliphatic heterocycles. The van der Waals surface area contributed by atoms with Gasteiger partial charge in [-0.15, -0.1) is 0 Å². The van der Waals surface area contributed by atoms with E-state index in [0.717, 1.165) is 5.56 Å². The van der Waals surface area contributed by atoms with Crippen molar-refractivity contribution in [2.45, 2.75) is 0 Å². The summed E-state index contributed by atoms with van der Waals surface area (Å²) in [6, 6.07) is 17.6. The zero-order valence-electron chi connectivity index (χ0n) is 13.3. The smallest absolute Gasteiger partial charge is 0.291 e. The van der Waals surface area contributed by atoms with Gasteiger partial charge in [0, 0.05) is 16.8 Å². The van der Waals surface area contributed by atoms with E-state index in [4.69, 9.17) is 20.5 Å². The van der Waals surface area contributed by atoms with Crippen LogP contribution in [0.2, 0.25) is 5.02 Å². The predicted octanol–water partition coefficient (Wildman–Crippen LogP) is 4.90. The van der Waals surface area contributed by atoms with Gasteiger partial charge in [-0.3, -0.25) is 4.79 Å². The van der Waals surface area contributed by atoms with Crippen LogP contribution in [0.15, 0.2) is 75.9 Å². The summed E-state index contributed by atoms with van der Waals surface area (Å²) in [6.45, 7) is 0. The van der Waals surface area contributed by atoms with Crippen molar-refractivity contribution < 1.29 is 13.7 Å². The molecule has 7 heteroatoms. The number of furan rings is 1. The van der Waals surface area contributed by atoms with Gasteiger partial charge in [0.05, 0.1) is 11.3 Å². The van der Waals surface area contributed by atoms with E-state index in [1.807, 2.05) is 18.2 Å². The van der Waals surface area contributed by atoms with Gasteiger partial charge in [0.25, 0.3) is 11.8 Å². The Hall–Kier alpha value is -3.38. The zero-order chi connectivity index (χ0) is 17.9. The number of rotatable bonds is 4. The Morgan fingerprint density at radius 3 is 2.54 bits per heavy atom. The average molecular weight is 366 g/mol. The fourth-order valence-corrected chi connectivity index (χ4v) is 2.61. The van der Waals surface area contributed by atoms with Crippen LogP contribution in [-0.4, -0.2) is 16.0 Å². The molecule has 2 aromatic carbocycles. The van der Waals surface area contributed by atoms with Crippen LogP contribution < -0.4 is 5.32 Å². The van der Waals surface area contributed by atoms with Crippen molar-refractivity contribution in [2.24, 2.45) is 0 Å². The molecular formula is C19H12ClN3O3. The first kappa shape index (κ1) is 16.1. The second-order valence-electron chi connectivity index (χ2n) is 5.41. The van der Waals surface area contributed by atoms with Crippen molar-refractivity contribution in [1.29, 1.82) is 0 Å². The summed E-state index contributed by atoms with van der Waals surface area (Å²) in [5, 5.41) is 7.27. The van der Waals surface area contributed by atoms with Crippen molar-refractivity contribution in [2.75, 3.05) is 5.32 Å². The van der Waals surface area contributed by atoms with Crippen LogP contribution in [0.25, 0.3) is 22.8 Å². The van der Waals surface area contributed by atoms with Crippen LogP contribution in [0, 0.1) is 0 Å². The molecule has 4 aromatic rings. The first-order valence-corrected chi connectivity index (χ1v) is 8.12. The Morgan fingerprint density at radius 2 is 1.81 bits per heavy atom. The van der Waals surface area contributed by atoms with Crippen LogP contribution in [0.5, 0.6) is 0 Å². The van der Waals surface area contributed by atoms with E-state index in [9.17, 15) is 4.79 Å². The number of anilines is 1. The number of hydrogen-bond acceptors (Lipinski definition) is 5. The van der Waals surface area contributed by atoms with Crippen LogP contribution in [0.4, 0.5) is 5.69 Å². The molecule has 0 fully saturated rings. The van der Waals surface area contributed by atoms with Crippen molar-refractivity contribution >= 4 is 23.2 Å². The fourth-order valence-electron chi connectivity index (χ4n) is 2.39. The number of nitrogens with one attached hydrogen (secondary N) is 1. The van der Waals surface area contributed by atoms with Gasteiger partial charge in [-0.1, -0.05) is 28.9 Å². The summed E-state index contributed by atoms with van der Waals surface area (Å²) in [7, 11) is 0. The molecule has 0 bridgehead atoms. The summed E-state index contributed by atoms with van der Waals surface area (Å²) in [5.41, 5.74) is 2.05. The van der Waals surface area contributed by atoms with Gasteiger partial charge in [-0.2, -0.15) is 4.98 Å². The molecule has 0 aliphatic rings. The lowest BCUT2D eigenvalue weighted by Gasteiger charge is -2.03. The minimum Gasteiger partial charge on any atom is -0.459 e. The summed E-state index contributed by atoms with van der Waals surface area (Å²) in [6.07, 6.45) is 1.45. The lowest BCUT2D eigenvalue weighted by Crippen LogP contribution is -2.10. The van der Waals surface area contributed by atoms with Gasteiger partial charge >= 0.3 is 0 Å². The Morgan fingerprint density at radius 1 is 1.00 bits per heavy atom. The van der Waals surface area contributed by atoms with Crippen LogP contribution in [0.1, 0.15) is 10.6 Å². The van der Waals surface area contributed by atoms with E-state index < -0.39 is 0 Å². The highest BCUT2D eigenvalue weighted by atomic mass is 35.5. The molecule has 26 heavy (non-hydrogen) atoms. The quantitative estimate of drug-likeness (QED) is 0.556. The second kappa shape index (κ2) is 6.85. The minimum atomic E-state index is -0.318. The van der Waals surface area contributed by atoms with Gasteiger partial charge in [-0.05, 0) is 48.5 Å². The molecule has 128 valence electrons. The van der Waals surface area contributed by atoms with E-state index in [1.165, 1.54) is 6.26 Å². The standard InChI is InChI=1S/C19H12ClN3O3/c20-15-5-2-1-4-14(15)17-22-19(26-23-17)12-7-9-13(10-8-12)21-18(24)16-6-3-11-25-16/h1-11H,(H,21,24). The molecule has 0 atom stereocenters. The number of nitrogens with zero attached hydrogens (tertiary/aromatic N) is 2. The van der Waals surface area contributed by atoms with Gasteiger partial charge < -0.3 is 14.3 Å². The summed E-state index contributed by atoms with van der Waals surface area (Å²) in [5.74, 6) is 0.710. The maximum atomic E-state index is 12.0. The van der Waals surface area contributed by atoms with Crippen molar-refractivity contribution in [3.05, 3.63) is 77.7 Å². The molecular weight excluding hydrogens is 354 g/mol. The van der Waals surface area contributed by atoms with E-state index in [-0.39, 0.29) is 11.7 Å². The lowest BCUT2D eigenvalue weighted by molar-refractivity contribution is 0.0996. The highest BCUT2D eigenvalue weighted by molar-refractivity contribution is 6.33. The Balaban J connectivity index is 1.53. The molecule has 0 radical (unpaired) electrons. The molecule has 1 amide bonds. The third kappa shape index (κ3) is 3.22. The Kier molecular flexibility index (Phi) is 4.25. The monoisotopic (exact) mass is 365 g/mol. The largest absolute Gasteiger partial charge is 0.459 e. The van der Waals surface area contributed by atoms with E-state index in [0.29, 0.717) is 28.0 Å². The second-order valence-corrected chi connectivity index (χ2v) is 5.82. The number of halogens is 1. The third-order valence-corrected chi connectivity index (χ3v) is 4.01. The number of amides is 1. The molecule has 1 N–H and O–H groups in total. The predicted molar refractivity (Wildman–Crippen MR) is 96.8 cm³/mol. The van der Waals surface area contributed by atoms with Crippen molar-refractivity contribution in [3.8, 4) is 22.8 Å². The Bertz CT molecular complexity index is 1040. The number of hydrogen-bond donors (Lipinski definition) is 1. The van der Waals surface area contributed by atoms with Crippen LogP contribution >= 0.6 is 11.6 Å². The van der Waals surface area contributed by atoms with Gasteiger partial charge in [0.2, 0.25) is 5.82 Å². The van der Waals surface area contributed by atoms with E-state index in [1.54, 1.807) is 42.5 Å². The highest BCUT2D eigenvalue weighted by Crippen LogP contribution is 2.28. The maximum absolute atomic E-state index is 12.0. The molecule has 0 spiro atoms. The SMILES string of the molecule is O=C(Nc1ccc(-c2nc(-c3ccccc3Cl)no2)cc1)c1ccco1. The van der Waals surface area contributed by atoms with Gasteiger partial charge in [0.15, 0.2) is 5.76 Å². The first-order chi connectivity index (χ1) is 12.7. The molecule has 0 unspecified atom stereocenters. The summed E-state index contributed by atoms with van der Waals surface area (Å²) >= 11 is 6.16. The molecule has 0 aliphatic carbocycles. The van der Waals surface area contributed by atoms with Gasteiger partial charge in [0.1, 0.15) is 0 Å². The molecule has 0 saturated heterocycles. The first-order valence-electron chi connectivity index (χ1n) is 7.74. The minimum absolute atomic E-state index is 0.246. The molecule has 2 aromatic heterocycles. The Labute approximate surface area is 153 Å². The number of benzene rings is 2. The number of carbonyl (C=O) groups is 1. The number of carbonyl (C=O) groups excluding carboxylic acids is 1. The number of aromatic nitrogens is 2. The molecule has 6 nitrogen and oxygen atoms in total. The fraction of sp³-hybridized carbons (Fsp3) is 0. The van der Waals surface area contributed by atoms with Crippen molar-refractivity contribution in [1.82, 2.24) is 10.1 Å². The summed E-state index contributed by atoms with van der Waals surface area (Å²) in [4.78, 5) is 16.3. The van der Waals surface area contributed by atoms with Gasteiger partial charge in [-0.25, -0.2) is 0 Å². The highest BCUT2D eigenvalue weighted by Gasteiger charge is 2.13. The van der Waals surface area contributed by atoms with Crippen molar-refractivity contribution in [3.63, 3.8) is 0 Å². The normalized spacial score (nSPS) is 10.7. The topological polar surface area (TPSA) is 81.2 Å². The zero-order valence-corrected chi connectivity index (χ0v) is 14.1. The third-order valence-electron chi connectivity index (χ3n) is 3.68. The molecule has 4 rings (SSSR count). The maximum Gasteiger partial charge on any atom is 0.291 e. The van der Waals surface area contributed by atoms with Crippen LogP contribution in [0.3, 0.4) is 0 Å².